The van der Waals surface area contributed by atoms with Crippen molar-refractivity contribution in [1.29, 1.82) is 0 Å². The molecule has 10 heteroatoms. The van der Waals surface area contributed by atoms with Crippen LogP contribution >= 0.6 is 11.3 Å². The third-order valence-corrected chi connectivity index (χ3v) is 6.45. The number of sulfonamides is 1. The zero-order valence-corrected chi connectivity index (χ0v) is 17.0. The fourth-order valence-electron chi connectivity index (χ4n) is 2.88. The Labute approximate surface area is 165 Å². The number of rotatable bonds is 5. The van der Waals surface area contributed by atoms with E-state index in [4.69, 9.17) is 0 Å². The molecule has 0 aliphatic heterocycles. The average Bonchev–Trinajstić information content (AvgIpc) is 2.87. The van der Waals surface area contributed by atoms with Crippen molar-refractivity contribution in [3.63, 3.8) is 0 Å². The molecule has 0 saturated carbocycles. The van der Waals surface area contributed by atoms with Crippen LogP contribution in [0, 0.1) is 5.82 Å². The molecule has 3 aromatic rings. The first-order chi connectivity index (χ1) is 13.1. The Morgan fingerprint density at radius 1 is 1.25 bits per heavy atom. The van der Waals surface area contributed by atoms with Crippen LogP contribution in [0.15, 0.2) is 47.3 Å². The topological polar surface area (TPSA) is 88.5 Å². The van der Waals surface area contributed by atoms with Gasteiger partial charge in [0.05, 0.1) is 22.2 Å². The third-order valence-electron chi connectivity index (χ3n) is 4.21. The molecule has 0 spiro atoms. The van der Waals surface area contributed by atoms with Gasteiger partial charge in [-0.1, -0.05) is 17.4 Å². The highest BCUT2D eigenvalue weighted by molar-refractivity contribution is 7.92. The normalized spacial score (nSPS) is 12.7. The van der Waals surface area contributed by atoms with E-state index < -0.39 is 27.8 Å². The first kappa shape index (κ1) is 20.0. The maximum Gasteiger partial charge on any atom is 0.307 e. The van der Waals surface area contributed by atoms with Crippen molar-refractivity contribution in [1.82, 2.24) is 4.57 Å². The second-order valence-corrected chi connectivity index (χ2v) is 9.17. The number of nitrogens with zero attached hydrogens (tertiary/aromatic N) is 2. The molecule has 0 bridgehead atoms. The maximum atomic E-state index is 13.6. The number of benzene rings is 2. The van der Waals surface area contributed by atoms with Crippen molar-refractivity contribution in [3.8, 4) is 0 Å². The van der Waals surface area contributed by atoms with Crippen LogP contribution in [0.25, 0.3) is 10.2 Å². The highest BCUT2D eigenvalue weighted by Gasteiger charge is 2.29. The quantitative estimate of drug-likeness (QED) is 0.683. The Morgan fingerprint density at radius 2 is 1.96 bits per heavy atom. The van der Waals surface area contributed by atoms with E-state index >= 15 is 0 Å². The standard InChI is InChI=1S/C18H18FN3O4S2/c1-11(22(28(3,25)26)14-6-4-5-12(19)9-14)17(23)20-13-7-8-15-16(10-13)27-18(24)21(15)2/h4-11H,1-3H3,(H,20,23). The number of aromatic nitrogens is 1. The highest BCUT2D eigenvalue weighted by atomic mass is 32.2. The van der Waals surface area contributed by atoms with Crippen LogP contribution in [-0.4, -0.2) is 31.2 Å². The largest absolute Gasteiger partial charge is 0.324 e. The number of halogens is 1. The van der Waals surface area contributed by atoms with Gasteiger partial charge < -0.3 is 9.88 Å². The second-order valence-electron chi connectivity index (χ2n) is 6.31. The molecule has 1 atom stereocenters. The van der Waals surface area contributed by atoms with Crippen LogP contribution in [-0.2, 0) is 21.9 Å². The van der Waals surface area contributed by atoms with E-state index in [-0.39, 0.29) is 10.6 Å². The molecule has 1 unspecified atom stereocenters. The zero-order chi connectivity index (χ0) is 20.6. The highest BCUT2D eigenvalue weighted by Crippen LogP contribution is 2.24. The number of fused-ring (bicyclic) bond motifs is 1. The molecule has 3 rings (SSSR count). The minimum absolute atomic E-state index is 0.0573. The number of thiazole rings is 1. The van der Waals surface area contributed by atoms with Gasteiger partial charge >= 0.3 is 4.87 Å². The molecule has 1 aromatic heterocycles. The summed E-state index contributed by atoms with van der Waals surface area (Å²) in [5.74, 6) is -1.19. The molecule has 2 aromatic carbocycles. The Bertz CT molecular complexity index is 1220. The Hall–Kier alpha value is -2.72. The predicted octanol–water partition coefficient (Wildman–Crippen LogP) is 2.53. The van der Waals surface area contributed by atoms with E-state index in [1.165, 1.54) is 29.7 Å². The van der Waals surface area contributed by atoms with Crippen LogP contribution in [0.3, 0.4) is 0 Å². The van der Waals surface area contributed by atoms with Gasteiger partial charge in [-0.25, -0.2) is 12.8 Å². The lowest BCUT2D eigenvalue weighted by Crippen LogP contribution is -2.45. The van der Waals surface area contributed by atoms with Gasteiger partial charge in [-0.3, -0.25) is 13.9 Å². The monoisotopic (exact) mass is 423 g/mol. The fourth-order valence-corrected chi connectivity index (χ4v) is 4.97. The number of hydrogen-bond acceptors (Lipinski definition) is 5. The van der Waals surface area contributed by atoms with Gasteiger partial charge in [-0.05, 0) is 43.3 Å². The van der Waals surface area contributed by atoms with Gasteiger partial charge in [0.15, 0.2) is 0 Å². The lowest BCUT2D eigenvalue weighted by Gasteiger charge is -2.28. The summed E-state index contributed by atoms with van der Waals surface area (Å²) < 4.78 is 41.1. The minimum atomic E-state index is -3.84. The van der Waals surface area contributed by atoms with Gasteiger partial charge in [0, 0.05) is 12.7 Å². The summed E-state index contributed by atoms with van der Waals surface area (Å²) >= 11 is 1.05. The molecule has 0 radical (unpaired) electrons. The van der Waals surface area contributed by atoms with Crippen LogP contribution < -0.4 is 14.5 Å². The molecule has 0 fully saturated rings. The predicted molar refractivity (Wildman–Crippen MR) is 109 cm³/mol. The molecule has 0 aliphatic rings. The van der Waals surface area contributed by atoms with Crippen LogP contribution in [0.1, 0.15) is 6.92 Å². The van der Waals surface area contributed by atoms with Crippen molar-refractivity contribution in [2.24, 2.45) is 7.05 Å². The van der Waals surface area contributed by atoms with Crippen molar-refractivity contribution in [3.05, 3.63) is 57.9 Å². The Balaban J connectivity index is 1.90. The number of hydrogen-bond donors (Lipinski definition) is 1. The van der Waals surface area contributed by atoms with Crippen molar-refractivity contribution < 1.29 is 17.6 Å². The Kier molecular flexibility index (Phi) is 5.26. The smallest absolute Gasteiger partial charge is 0.307 e. The summed E-state index contributed by atoms with van der Waals surface area (Å²) in [5, 5.41) is 2.66. The van der Waals surface area contributed by atoms with E-state index in [0.717, 1.165) is 33.5 Å². The molecule has 0 aliphatic carbocycles. The number of carbonyl (C=O) groups is 1. The number of nitrogens with one attached hydrogen (secondary N) is 1. The van der Waals surface area contributed by atoms with Gasteiger partial charge in [0.25, 0.3) is 0 Å². The van der Waals surface area contributed by atoms with Crippen molar-refractivity contribution >= 4 is 48.9 Å². The summed E-state index contributed by atoms with van der Waals surface area (Å²) in [5.41, 5.74) is 1.22. The lowest BCUT2D eigenvalue weighted by molar-refractivity contribution is -0.116. The summed E-state index contributed by atoms with van der Waals surface area (Å²) in [4.78, 5) is 24.3. The van der Waals surface area contributed by atoms with Crippen LogP contribution in [0.2, 0.25) is 0 Å². The number of amides is 1. The Morgan fingerprint density at radius 3 is 2.61 bits per heavy atom. The molecule has 1 amide bonds. The van der Waals surface area contributed by atoms with E-state index in [9.17, 15) is 22.4 Å². The molecule has 0 saturated heterocycles. The van der Waals surface area contributed by atoms with E-state index in [0.29, 0.717) is 10.4 Å². The number of aryl methyl sites for hydroxylation is 1. The molecule has 148 valence electrons. The molecular formula is C18H18FN3O4S2. The molecule has 7 nitrogen and oxygen atoms in total. The molecule has 1 N–H and O–H groups in total. The SMILES string of the molecule is CC(C(=O)Nc1ccc2c(c1)sc(=O)n2C)N(c1cccc(F)c1)S(C)(=O)=O. The van der Waals surface area contributed by atoms with E-state index in [1.54, 1.807) is 25.2 Å². The fraction of sp³-hybridized carbons (Fsp3) is 0.222. The maximum absolute atomic E-state index is 13.6. The minimum Gasteiger partial charge on any atom is -0.324 e. The summed E-state index contributed by atoms with van der Waals surface area (Å²) in [7, 11) is -2.19. The van der Waals surface area contributed by atoms with Crippen LogP contribution in [0.4, 0.5) is 15.8 Å². The van der Waals surface area contributed by atoms with Gasteiger partial charge in [0.1, 0.15) is 11.9 Å². The van der Waals surface area contributed by atoms with Gasteiger partial charge in [0.2, 0.25) is 15.9 Å². The average molecular weight is 423 g/mol. The van der Waals surface area contributed by atoms with Crippen molar-refractivity contribution in [2.75, 3.05) is 15.9 Å². The molecule has 1 heterocycles. The second kappa shape index (κ2) is 7.36. The molecular weight excluding hydrogens is 405 g/mol. The number of anilines is 2. The molecule has 28 heavy (non-hydrogen) atoms. The first-order valence-corrected chi connectivity index (χ1v) is 10.9. The first-order valence-electron chi connectivity index (χ1n) is 8.23. The number of carbonyl (C=O) groups excluding carboxylic acids is 1. The van der Waals surface area contributed by atoms with E-state index in [1.807, 2.05) is 0 Å². The summed E-state index contributed by atoms with van der Waals surface area (Å²) in [6, 6.07) is 8.90. The van der Waals surface area contributed by atoms with E-state index in [2.05, 4.69) is 5.32 Å². The van der Waals surface area contributed by atoms with Gasteiger partial charge in [-0.2, -0.15) is 0 Å². The van der Waals surface area contributed by atoms with Crippen LogP contribution in [0.5, 0.6) is 0 Å². The van der Waals surface area contributed by atoms with Gasteiger partial charge in [-0.15, -0.1) is 0 Å². The summed E-state index contributed by atoms with van der Waals surface area (Å²) in [6.45, 7) is 1.42. The summed E-state index contributed by atoms with van der Waals surface area (Å²) in [6.07, 6.45) is 0.954. The lowest BCUT2D eigenvalue weighted by atomic mass is 10.2. The third kappa shape index (κ3) is 3.92. The zero-order valence-electron chi connectivity index (χ0n) is 15.3. The van der Waals surface area contributed by atoms with Crippen molar-refractivity contribution in [2.45, 2.75) is 13.0 Å².